The Balaban J connectivity index is 0.000000293. The van der Waals surface area contributed by atoms with Crippen molar-refractivity contribution in [3.8, 4) is 0 Å². The Kier molecular flexibility index (Phi) is 6.31. The lowest BCUT2D eigenvalue weighted by atomic mass is 10.1. The van der Waals surface area contributed by atoms with E-state index in [1.54, 1.807) is 25.4 Å². The highest BCUT2D eigenvalue weighted by molar-refractivity contribution is 5.78. The smallest absolute Gasteiger partial charge is 0.320 e. The first-order chi connectivity index (χ1) is 7.43. The molecule has 0 radical (unpaired) electrons. The molecule has 0 spiro atoms. The minimum absolute atomic E-state index is 0.177. The number of aliphatic hydroxyl groups excluding tert-OH is 2. The van der Waals surface area contributed by atoms with Gasteiger partial charge in [-0.05, 0) is 13.0 Å². The molecule has 1 rings (SSSR count). The molecule has 0 aromatic heterocycles. The highest BCUT2D eigenvalue weighted by Gasteiger charge is 2.13. The molecule has 0 atom stereocenters. The van der Waals surface area contributed by atoms with Crippen molar-refractivity contribution in [1.29, 1.82) is 0 Å². The number of hydrogen-bond donors (Lipinski definition) is 4. The second kappa shape index (κ2) is 6.94. The predicted molar refractivity (Wildman–Crippen MR) is 60.7 cm³/mol. The van der Waals surface area contributed by atoms with Crippen LogP contribution in [-0.2, 0) is 0 Å². The Morgan fingerprint density at radius 2 is 2.12 bits per heavy atom. The van der Waals surface area contributed by atoms with Crippen LogP contribution >= 0.6 is 0 Å². The number of aliphatic imine (C=N–C) groups is 1. The van der Waals surface area contributed by atoms with Gasteiger partial charge in [0.15, 0.2) is 0 Å². The third kappa shape index (κ3) is 6.12. The van der Waals surface area contributed by atoms with E-state index in [2.05, 4.69) is 4.99 Å². The molecule has 1 aliphatic rings. The number of primary amides is 1. The third-order valence-electron chi connectivity index (χ3n) is 1.70. The third-order valence-corrected chi connectivity index (χ3v) is 1.70. The van der Waals surface area contributed by atoms with Crippen molar-refractivity contribution >= 4 is 12.2 Å². The Morgan fingerprint density at radius 3 is 2.31 bits per heavy atom. The van der Waals surface area contributed by atoms with Crippen LogP contribution in [0, 0.1) is 0 Å². The maximum absolute atomic E-state index is 10.4. The first-order valence-electron chi connectivity index (χ1n) is 4.66. The van der Waals surface area contributed by atoms with Gasteiger partial charge in [0.1, 0.15) is 6.67 Å². The summed E-state index contributed by atoms with van der Waals surface area (Å²) in [6, 6.07) is -0.469. The van der Waals surface area contributed by atoms with Crippen LogP contribution in [0.5, 0.6) is 0 Å². The monoisotopic (exact) mass is 230 g/mol. The van der Waals surface area contributed by atoms with Gasteiger partial charge >= 0.3 is 6.03 Å². The fourth-order valence-electron chi connectivity index (χ4n) is 0.579. The molecule has 6 N–H and O–H groups in total. The Labute approximate surface area is 94.1 Å². The van der Waals surface area contributed by atoms with Crippen LogP contribution in [0.4, 0.5) is 4.79 Å². The van der Waals surface area contributed by atoms with Crippen LogP contribution in [0.2, 0.25) is 0 Å². The van der Waals surface area contributed by atoms with Crippen molar-refractivity contribution in [2.75, 3.05) is 19.9 Å². The molecule has 0 aliphatic carbocycles. The van der Waals surface area contributed by atoms with E-state index in [9.17, 15) is 4.79 Å². The Morgan fingerprint density at radius 1 is 1.56 bits per heavy atom. The molecule has 92 valence electrons. The van der Waals surface area contributed by atoms with Crippen LogP contribution in [-0.4, -0.2) is 52.8 Å². The lowest BCUT2D eigenvalue weighted by Crippen LogP contribution is -2.43. The van der Waals surface area contributed by atoms with Crippen LogP contribution in [0.3, 0.4) is 0 Å². The Hall–Kier alpha value is -1.44. The maximum atomic E-state index is 10.4. The lowest BCUT2D eigenvalue weighted by molar-refractivity contribution is 0.134. The molecule has 0 fully saturated rings. The molecule has 16 heavy (non-hydrogen) atoms. The molecule has 0 saturated heterocycles. The Bertz CT molecular complexity index is 270. The van der Waals surface area contributed by atoms with Crippen LogP contribution < -0.4 is 11.5 Å². The summed E-state index contributed by atoms with van der Waals surface area (Å²) in [7, 11) is 0. The standard InChI is InChI=1S/C5H7N3O.C4H11NO2/c6-5(9)8-3-1-2-7-4-8;1-4(5,2-6)3-7/h1-3H,4H2,(H2,6,9);6-7H,2-3,5H2,1H3. The topological polar surface area (TPSA) is 125 Å². The van der Waals surface area contributed by atoms with Gasteiger partial charge in [0.25, 0.3) is 0 Å². The van der Waals surface area contributed by atoms with Gasteiger partial charge in [-0.1, -0.05) is 0 Å². The van der Waals surface area contributed by atoms with E-state index in [0.29, 0.717) is 6.67 Å². The zero-order chi connectivity index (χ0) is 12.6. The molecule has 0 aromatic rings. The van der Waals surface area contributed by atoms with Gasteiger partial charge in [-0.2, -0.15) is 0 Å². The SMILES string of the molecule is CC(N)(CO)CO.NC(=O)N1C=CC=NC1. The minimum atomic E-state index is -0.806. The maximum Gasteiger partial charge on any atom is 0.320 e. The van der Waals surface area contributed by atoms with Crippen molar-refractivity contribution in [1.82, 2.24) is 4.90 Å². The second-order valence-electron chi connectivity index (χ2n) is 3.59. The highest BCUT2D eigenvalue weighted by atomic mass is 16.3. The summed E-state index contributed by atoms with van der Waals surface area (Å²) >= 11 is 0. The molecule has 7 heteroatoms. The van der Waals surface area contributed by atoms with Crippen molar-refractivity contribution in [3.63, 3.8) is 0 Å². The summed E-state index contributed by atoms with van der Waals surface area (Å²) in [4.78, 5) is 15.5. The van der Waals surface area contributed by atoms with E-state index >= 15 is 0 Å². The summed E-state index contributed by atoms with van der Waals surface area (Å²) in [5, 5.41) is 16.6. The van der Waals surface area contributed by atoms with E-state index < -0.39 is 11.6 Å². The van der Waals surface area contributed by atoms with Crippen molar-refractivity contribution < 1.29 is 15.0 Å². The fourth-order valence-corrected chi connectivity index (χ4v) is 0.579. The highest BCUT2D eigenvalue weighted by Crippen LogP contribution is 1.93. The molecule has 0 unspecified atom stereocenters. The first kappa shape index (κ1) is 14.6. The number of amides is 2. The summed E-state index contributed by atoms with van der Waals surface area (Å²) in [5.74, 6) is 0. The summed E-state index contributed by atoms with van der Waals surface area (Å²) < 4.78 is 0. The number of nitrogens with two attached hydrogens (primary N) is 2. The molecular formula is C9H18N4O3. The van der Waals surface area contributed by atoms with E-state index in [-0.39, 0.29) is 13.2 Å². The van der Waals surface area contributed by atoms with Gasteiger partial charge in [-0.15, -0.1) is 0 Å². The number of allylic oxidation sites excluding steroid dienone is 1. The normalized spacial score (nSPS) is 14.4. The number of urea groups is 1. The van der Waals surface area contributed by atoms with E-state index in [4.69, 9.17) is 21.7 Å². The average Bonchev–Trinajstić information content (AvgIpc) is 2.31. The van der Waals surface area contributed by atoms with Gasteiger partial charge in [-0.3, -0.25) is 9.89 Å². The molecule has 1 aliphatic heterocycles. The molecule has 0 aromatic carbocycles. The summed E-state index contributed by atoms with van der Waals surface area (Å²) in [6.45, 7) is 1.56. The van der Waals surface area contributed by atoms with E-state index in [0.717, 1.165) is 0 Å². The van der Waals surface area contributed by atoms with Crippen LogP contribution in [0.25, 0.3) is 0 Å². The largest absolute Gasteiger partial charge is 0.394 e. The average molecular weight is 230 g/mol. The quantitative estimate of drug-likeness (QED) is 0.466. The second-order valence-corrected chi connectivity index (χ2v) is 3.59. The predicted octanol–water partition coefficient (Wildman–Crippen LogP) is -1.39. The summed E-state index contributed by atoms with van der Waals surface area (Å²) in [6.07, 6.45) is 4.88. The molecule has 0 bridgehead atoms. The molecule has 1 heterocycles. The minimum Gasteiger partial charge on any atom is -0.394 e. The van der Waals surface area contributed by atoms with Gasteiger partial charge in [-0.25, -0.2) is 4.79 Å². The molecule has 2 amide bonds. The molecule has 7 nitrogen and oxygen atoms in total. The number of aliphatic hydroxyl groups is 2. The number of hydrogen-bond acceptors (Lipinski definition) is 5. The zero-order valence-corrected chi connectivity index (χ0v) is 9.21. The lowest BCUT2D eigenvalue weighted by Gasteiger charge is -2.16. The molecular weight excluding hydrogens is 212 g/mol. The van der Waals surface area contributed by atoms with Crippen molar-refractivity contribution in [2.45, 2.75) is 12.5 Å². The first-order valence-corrected chi connectivity index (χ1v) is 4.66. The van der Waals surface area contributed by atoms with Gasteiger partial charge in [0.05, 0.1) is 18.8 Å². The van der Waals surface area contributed by atoms with Crippen LogP contribution in [0.1, 0.15) is 6.92 Å². The van der Waals surface area contributed by atoms with Gasteiger partial charge < -0.3 is 21.7 Å². The van der Waals surface area contributed by atoms with Crippen molar-refractivity contribution in [2.24, 2.45) is 16.5 Å². The fraction of sp³-hybridized carbons (Fsp3) is 0.556. The van der Waals surface area contributed by atoms with Crippen LogP contribution in [0.15, 0.2) is 17.3 Å². The zero-order valence-electron chi connectivity index (χ0n) is 9.21. The number of nitrogens with zero attached hydrogens (tertiary/aromatic N) is 2. The molecule has 0 saturated carbocycles. The van der Waals surface area contributed by atoms with Gasteiger partial charge in [0, 0.05) is 12.4 Å². The summed E-state index contributed by atoms with van der Waals surface area (Å²) in [5.41, 5.74) is 9.34. The van der Waals surface area contributed by atoms with E-state index in [1.807, 2.05) is 0 Å². The van der Waals surface area contributed by atoms with Crippen molar-refractivity contribution in [3.05, 3.63) is 12.3 Å². The number of carbonyl (C=O) groups excluding carboxylic acids is 1. The van der Waals surface area contributed by atoms with Gasteiger partial charge in [0.2, 0.25) is 0 Å². The van der Waals surface area contributed by atoms with E-state index in [1.165, 1.54) is 4.90 Å². The number of rotatable bonds is 2. The number of carbonyl (C=O) groups is 1.